The van der Waals surface area contributed by atoms with Crippen LogP contribution in [-0.4, -0.2) is 11.8 Å². The molecule has 1 aromatic carbocycles. The first-order valence-electron chi connectivity index (χ1n) is 7.30. The Hall–Kier alpha value is -1.41. The topological polar surface area (TPSA) is 43.1 Å². The second-order valence-electron chi connectivity index (χ2n) is 5.93. The van der Waals surface area contributed by atoms with Crippen LogP contribution in [0.5, 0.6) is 0 Å². The summed E-state index contributed by atoms with van der Waals surface area (Å²) in [7, 11) is 0. The number of fused-ring (bicyclic) bond motifs is 1. The molecule has 3 rings (SSSR count). The highest BCUT2D eigenvalue weighted by Crippen LogP contribution is 2.28. The third kappa shape index (κ3) is 2.79. The van der Waals surface area contributed by atoms with Crippen molar-refractivity contribution in [1.29, 1.82) is 0 Å². The molecular weight excluding hydrogens is 234 g/mol. The van der Waals surface area contributed by atoms with Crippen molar-refractivity contribution in [2.45, 2.75) is 44.6 Å². The van der Waals surface area contributed by atoms with Crippen molar-refractivity contribution in [3.8, 4) is 0 Å². The van der Waals surface area contributed by atoms with E-state index < -0.39 is 0 Å². The van der Waals surface area contributed by atoms with Gasteiger partial charge >= 0.3 is 0 Å². The van der Waals surface area contributed by atoms with E-state index in [0.29, 0.717) is 24.2 Å². The van der Waals surface area contributed by atoms with Crippen molar-refractivity contribution in [3.63, 3.8) is 0 Å². The summed E-state index contributed by atoms with van der Waals surface area (Å²) in [5.74, 6) is 0.833. The molecule has 2 nitrogen and oxygen atoms in total. The number of carbonyl (C=O) groups is 1. The lowest BCUT2D eigenvalue weighted by atomic mass is 9.82. The molecule has 0 aromatic heterocycles. The highest BCUT2D eigenvalue weighted by atomic mass is 16.1. The number of carbonyl (C=O) groups excluding carboxylic acids is 1. The van der Waals surface area contributed by atoms with Crippen molar-refractivity contribution in [2.75, 3.05) is 0 Å². The van der Waals surface area contributed by atoms with Crippen LogP contribution in [0.25, 0.3) is 6.08 Å². The molecule has 100 valence electrons. The van der Waals surface area contributed by atoms with Gasteiger partial charge in [0.25, 0.3) is 0 Å². The Morgan fingerprint density at radius 2 is 2.00 bits per heavy atom. The average molecular weight is 255 g/mol. The fourth-order valence-corrected chi connectivity index (χ4v) is 3.19. The quantitative estimate of drug-likeness (QED) is 0.842. The van der Waals surface area contributed by atoms with Gasteiger partial charge in [0.1, 0.15) is 0 Å². The van der Waals surface area contributed by atoms with Gasteiger partial charge < -0.3 is 5.73 Å². The molecule has 1 aromatic rings. The maximum atomic E-state index is 12.3. The van der Waals surface area contributed by atoms with Gasteiger partial charge in [-0.15, -0.1) is 0 Å². The van der Waals surface area contributed by atoms with E-state index >= 15 is 0 Å². The van der Waals surface area contributed by atoms with Gasteiger partial charge in [-0.2, -0.15) is 0 Å². The average Bonchev–Trinajstić information content (AvgIpc) is 2.88. The Labute approximate surface area is 114 Å². The van der Waals surface area contributed by atoms with Crippen molar-refractivity contribution >= 4 is 11.9 Å². The number of rotatable bonds is 3. The normalized spacial score (nSPS) is 25.3. The summed E-state index contributed by atoms with van der Waals surface area (Å²) < 4.78 is 0. The maximum Gasteiger partial charge on any atom is 0.163 e. The summed E-state index contributed by atoms with van der Waals surface area (Å²) >= 11 is 0. The largest absolute Gasteiger partial charge is 0.328 e. The molecule has 19 heavy (non-hydrogen) atoms. The molecule has 0 saturated heterocycles. The van der Waals surface area contributed by atoms with Crippen LogP contribution in [0.3, 0.4) is 0 Å². The summed E-state index contributed by atoms with van der Waals surface area (Å²) in [5.41, 5.74) is 9.34. The second kappa shape index (κ2) is 5.30. The summed E-state index contributed by atoms with van der Waals surface area (Å²) in [4.78, 5) is 12.3. The van der Waals surface area contributed by atoms with Crippen LogP contribution in [0, 0.1) is 5.92 Å². The maximum absolute atomic E-state index is 12.3. The Morgan fingerprint density at radius 3 is 2.79 bits per heavy atom. The summed E-state index contributed by atoms with van der Waals surface area (Å²) in [6.45, 7) is 0. The molecule has 2 N–H and O–H groups in total. The third-order valence-corrected chi connectivity index (χ3v) is 4.47. The monoisotopic (exact) mass is 255 g/mol. The molecular formula is C17H21NO. The Kier molecular flexibility index (Phi) is 3.52. The first-order valence-corrected chi connectivity index (χ1v) is 7.30. The highest BCUT2D eigenvalue weighted by molar-refractivity contribution is 5.97. The van der Waals surface area contributed by atoms with E-state index in [2.05, 4.69) is 24.3 Å². The smallest absolute Gasteiger partial charge is 0.163 e. The predicted octanol–water partition coefficient (Wildman–Crippen LogP) is 3.35. The van der Waals surface area contributed by atoms with Crippen LogP contribution in [0.15, 0.2) is 24.3 Å². The number of ketones is 1. The molecule has 2 aliphatic rings. The minimum absolute atomic E-state index is 0.295. The van der Waals surface area contributed by atoms with Crippen LogP contribution in [-0.2, 0) is 6.42 Å². The first kappa shape index (κ1) is 12.6. The number of hydrogen-bond donors (Lipinski definition) is 1. The van der Waals surface area contributed by atoms with Crippen molar-refractivity contribution in [2.24, 2.45) is 11.7 Å². The molecule has 0 heterocycles. The number of benzene rings is 1. The molecule has 0 atom stereocenters. The Morgan fingerprint density at radius 1 is 1.21 bits per heavy atom. The van der Waals surface area contributed by atoms with Gasteiger partial charge in [0.15, 0.2) is 5.78 Å². The minimum Gasteiger partial charge on any atom is -0.328 e. The number of nitrogens with two attached hydrogens (primary N) is 1. The van der Waals surface area contributed by atoms with E-state index in [9.17, 15) is 4.79 Å². The molecule has 0 radical (unpaired) electrons. The molecule has 0 spiro atoms. The Balaban J connectivity index is 1.65. The van der Waals surface area contributed by atoms with E-state index in [4.69, 9.17) is 5.73 Å². The van der Waals surface area contributed by atoms with Crippen molar-refractivity contribution in [1.82, 2.24) is 0 Å². The van der Waals surface area contributed by atoms with Crippen molar-refractivity contribution in [3.05, 3.63) is 41.0 Å². The van der Waals surface area contributed by atoms with Crippen LogP contribution in [0.4, 0.5) is 0 Å². The van der Waals surface area contributed by atoms with Gasteiger partial charge in [-0.1, -0.05) is 24.3 Å². The fraction of sp³-hybridized carbons (Fsp3) is 0.471. The molecule has 0 bridgehead atoms. The van der Waals surface area contributed by atoms with E-state index in [1.807, 2.05) is 6.07 Å². The van der Waals surface area contributed by atoms with E-state index in [1.54, 1.807) is 0 Å². The van der Waals surface area contributed by atoms with Gasteiger partial charge in [0, 0.05) is 18.0 Å². The third-order valence-electron chi connectivity index (χ3n) is 4.47. The van der Waals surface area contributed by atoms with Gasteiger partial charge in [-0.05, 0) is 55.2 Å². The van der Waals surface area contributed by atoms with Gasteiger partial charge in [0.05, 0.1) is 0 Å². The van der Waals surface area contributed by atoms with Gasteiger partial charge in [-0.3, -0.25) is 4.79 Å². The first-order chi connectivity index (χ1) is 9.22. The van der Waals surface area contributed by atoms with Crippen LogP contribution in [0.1, 0.15) is 53.6 Å². The number of Topliss-reactive ketones (excluding diaryl/α,β-unsaturated/α-hetero) is 1. The molecule has 0 amide bonds. The number of allylic oxidation sites excluding steroid dienone is 1. The lowest BCUT2D eigenvalue weighted by Crippen LogP contribution is -2.27. The summed E-state index contributed by atoms with van der Waals surface area (Å²) in [5, 5.41) is 0. The standard InChI is InChI=1S/C17H21NO/c18-16-8-4-12(5-9-16)10-17(19)15-7-6-13-2-1-3-14(13)11-15/h1,3,6-7,11-12,16H,2,4-5,8-10,18H2. The summed E-state index contributed by atoms with van der Waals surface area (Å²) in [6, 6.07) is 6.49. The number of hydrogen-bond acceptors (Lipinski definition) is 2. The Bertz CT molecular complexity index is 510. The van der Waals surface area contributed by atoms with E-state index in [1.165, 1.54) is 11.1 Å². The zero-order valence-corrected chi connectivity index (χ0v) is 11.3. The SMILES string of the molecule is NC1CCC(CC(=O)c2ccc3c(c2)C=CC3)CC1. The van der Waals surface area contributed by atoms with Gasteiger partial charge in [0.2, 0.25) is 0 Å². The predicted molar refractivity (Wildman–Crippen MR) is 78.1 cm³/mol. The van der Waals surface area contributed by atoms with Crippen molar-refractivity contribution < 1.29 is 4.79 Å². The van der Waals surface area contributed by atoms with E-state index in [0.717, 1.165) is 37.7 Å². The molecule has 1 saturated carbocycles. The van der Waals surface area contributed by atoms with Crippen LogP contribution < -0.4 is 5.73 Å². The lowest BCUT2D eigenvalue weighted by molar-refractivity contribution is 0.0948. The van der Waals surface area contributed by atoms with Crippen LogP contribution >= 0.6 is 0 Å². The summed E-state index contributed by atoms with van der Waals surface area (Å²) in [6.07, 6.45) is 10.3. The van der Waals surface area contributed by atoms with Crippen LogP contribution in [0.2, 0.25) is 0 Å². The highest BCUT2D eigenvalue weighted by Gasteiger charge is 2.21. The molecule has 1 fully saturated rings. The minimum atomic E-state index is 0.295. The molecule has 2 heteroatoms. The zero-order valence-electron chi connectivity index (χ0n) is 11.3. The van der Waals surface area contributed by atoms with E-state index in [-0.39, 0.29) is 0 Å². The molecule has 2 aliphatic carbocycles. The molecule has 0 aliphatic heterocycles. The second-order valence-corrected chi connectivity index (χ2v) is 5.93. The molecule has 0 unspecified atom stereocenters. The lowest BCUT2D eigenvalue weighted by Gasteiger charge is -2.25. The zero-order chi connectivity index (χ0) is 13.2. The van der Waals surface area contributed by atoms with Gasteiger partial charge in [-0.25, -0.2) is 0 Å². The fourth-order valence-electron chi connectivity index (χ4n) is 3.19.